The van der Waals surface area contributed by atoms with Gasteiger partial charge < -0.3 is 0 Å². The van der Waals surface area contributed by atoms with Crippen molar-refractivity contribution in [1.82, 2.24) is 4.90 Å². The lowest BCUT2D eigenvalue weighted by atomic mass is 10.1. The fourth-order valence-corrected chi connectivity index (χ4v) is 2.27. The van der Waals surface area contributed by atoms with Gasteiger partial charge in [-0.05, 0) is 38.8 Å². The lowest BCUT2D eigenvalue weighted by Gasteiger charge is -2.20. The minimum Gasteiger partial charge on any atom is -0.296 e. The smallest absolute Gasteiger partial charge is 0.0236 e. The van der Waals surface area contributed by atoms with E-state index in [1.54, 1.807) is 0 Å². The molecule has 0 amide bonds. The molecule has 1 unspecified atom stereocenters. The van der Waals surface area contributed by atoms with Crippen molar-refractivity contribution in [1.29, 1.82) is 0 Å². The molecule has 0 N–H and O–H groups in total. The molecule has 1 heterocycles. The number of likely N-dealkylation sites (tertiary alicyclic amines) is 1. The highest BCUT2D eigenvalue weighted by Crippen LogP contribution is 2.19. The molecule has 0 radical (unpaired) electrons. The van der Waals surface area contributed by atoms with Gasteiger partial charge in [0.15, 0.2) is 0 Å². The zero-order valence-corrected chi connectivity index (χ0v) is 11.2. The first-order valence-electron chi connectivity index (χ1n) is 6.55. The van der Waals surface area contributed by atoms with Gasteiger partial charge in [-0.2, -0.15) is 0 Å². The molecular formula is C15H25N. The van der Waals surface area contributed by atoms with Crippen molar-refractivity contribution in [3.05, 3.63) is 35.4 Å². The summed E-state index contributed by atoms with van der Waals surface area (Å²) in [7, 11) is 0. The molecule has 2 rings (SSSR count). The molecule has 1 atom stereocenters. The van der Waals surface area contributed by atoms with Crippen LogP contribution in [0.3, 0.4) is 0 Å². The van der Waals surface area contributed by atoms with Gasteiger partial charge in [0.25, 0.3) is 0 Å². The SMILES string of the molecule is CC.Cc1cccc(CN2CCCC2C)c1. The maximum absolute atomic E-state index is 2.58. The summed E-state index contributed by atoms with van der Waals surface area (Å²) in [5, 5.41) is 0. The summed E-state index contributed by atoms with van der Waals surface area (Å²) in [5.41, 5.74) is 2.83. The summed E-state index contributed by atoms with van der Waals surface area (Å²) in [6.07, 6.45) is 2.73. The second-order valence-corrected chi connectivity index (χ2v) is 4.45. The molecule has 0 bridgehead atoms. The summed E-state index contributed by atoms with van der Waals surface area (Å²) in [6.45, 7) is 10.9. The Morgan fingerprint density at radius 2 is 2.06 bits per heavy atom. The van der Waals surface area contributed by atoms with Gasteiger partial charge in [-0.25, -0.2) is 0 Å². The number of aryl methyl sites for hydroxylation is 1. The Labute approximate surface area is 100 Å². The third-order valence-electron chi connectivity index (χ3n) is 3.16. The first-order chi connectivity index (χ1) is 7.75. The topological polar surface area (TPSA) is 3.24 Å². The van der Waals surface area contributed by atoms with E-state index in [1.165, 1.54) is 30.5 Å². The summed E-state index contributed by atoms with van der Waals surface area (Å²) in [4.78, 5) is 2.58. The fraction of sp³-hybridized carbons (Fsp3) is 0.600. The highest BCUT2D eigenvalue weighted by molar-refractivity contribution is 5.22. The second kappa shape index (κ2) is 6.70. The predicted molar refractivity (Wildman–Crippen MR) is 71.6 cm³/mol. The standard InChI is InChI=1S/C13H19N.C2H6/c1-11-5-3-7-13(9-11)10-14-8-4-6-12(14)2;1-2/h3,5,7,9,12H,4,6,8,10H2,1-2H3;1-2H3. The van der Waals surface area contributed by atoms with Crippen LogP contribution in [-0.4, -0.2) is 17.5 Å². The summed E-state index contributed by atoms with van der Waals surface area (Å²) in [6, 6.07) is 9.63. The van der Waals surface area contributed by atoms with E-state index in [0.29, 0.717) is 0 Å². The Hall–Kier alpha value is -0.820. The van der Waals surface area contributed by atoms with Gasteiger partial charge in [0, 0.05) is 12.6 Å². The minimum atomic E-state index is 0.774. The number of nitrogens with zero attached hydrogens (tertiary/aromatic N) is 1. The number of hydrogen-bond donors (Lipinski definition) is 0. The summed E-state index contributed by atoms with van der Waals surface area (Å²) < 4.78 is 0. The van der Waals surface area contributed by atoms with E-state index in [-0.39, 0.29) is 0 Å². The lowest BCUT2D eigenvalue weighted by molar-refractivity contribution is 0.260. The molecule has 0 saturated carbocycles. The number of rotatable bonds is 2. The first kappa shape index (κ1) is 13.2. The average Bonchev–Trinajstić information content (AvgIpc) is 2.68. The molecular weight excluding hydrogens is 194 g/mol. The summed E-state index contributed by atoms with van der Waals surface area (Å²) >= 11 is 0. The van der Waals surface area contributed by atoms with Crippen molar-refractivity contribution in [3.8, 4) is 0 Å². The molecule has 1 aliphatic rings. The molecule has 0 aromatic heterocycles. The quantitative estimate of drug-likeness (QED) is 0.726. The van der Waals surface area contributed by atoms with Crippen LogP contribution in [0.25, 0.3) is 0 Å². The van der Waals surface area contributed by atoms with Gasteiger partial charge in [0.1, 0.15) is 0 Å². The molecule has 1 aromatic carbocycles. The van der Waals surface area contributed by atoms with Crippen LogP contribution in [0.1, 0.15) is 44.7 Å². The van der Waals surface area contributed by atoms with Crippen LogP contribution in [0.15, 0.2) is 24.3 Å². The third-order valence-corrected chi connectivity index (χ3v) is 3.16. The van der Waals surface area contributed by atoms with Gasteiger partial charge in [-0.1, -0.05) is 43.7 Å². The van der Waals surface area contributed by atoms with Crippen molar-refractivity contribution in [2.75, 3.05) is 6.54 Å². The van der Waals surface area contributed by atoms with Crippen molar-refractivity contribution in [2.45, 2.75) is 53.1 Å². The van der Waals surface area contributed by atoms with E-state index < -0.39 is 0 Å². The molecule has 0 aliphatic carbocycles. The molecule has 1 aromatic rings. The maximum atomic E-state index is 2.58. The van der Waals surface area contributed by atoms with E-state index in [4.69, 9.17) is 0 Å². The van der Waals surface area contributed by atoms with Gasteiger partial charge in [-0.15, -0.1) is 0 Å². The minimum absolute atomic E-state index is 0.774. The van der Waals surface area contributed by atoms with Crippen LogP contribution in [0, 0.1) is 6.92 Å². The van der Waals surface area contributed by atoms with E-state index >= 15 is 0 Å². The molecule has 0 spiro atoms. The largest absolute Gasteiger partial charge is 0.296 e. The second-order valence-electron chi connectivity index (χ2n) is 4.45. The van der Waals surface area contributed by atoms with Crippen LogP contribution >= 0.6 is 0 Å². The van der Waals surface area contributed by atoms with Gasteiger partial charge in [0.05, 0.1) is 0 Å². The van der Waals surface area contributed by atoms with Crippen molar-refractivity contribution in [2.24, 2.45) is 0 Å². The van der Waals surface area contributed by atoms with Gasteiger partial charge >= 0.3 is 0 Å². The average molecular weight is 219 g/mol. The van der Waals surface area contributed by atoms with Crippen LogP contribution in [0.5, 0.6) is 0 Å². The Kier molecular flexibility index (Phi) is 5.54. The monoisotopic (exact) mass is 219 g/mol. The summed E-state index contributed by atoms with van der Waals surface area (Å²) in [5.74, 6) is 0. The number of hydrogen-bond acceptors (Lipinski definition) is 1. The normalized spacial score (nSPS) is 20.4. The molecule has 1 nitrogen and oxygen atoms in total. The Morgan fingerprint density at radius 3 is 2.62 bits per heavy atom. The molecule has 1 aliphatic heterocycles. The predicted octanol–water partition coefficient (Wildman–Crippen LogP) is 4.01. The van der Waals surface area contributed by atoms with E-state index in [2.05, 4.69) is 43.0 Å². The van der Waals surface area contributed by atoms with Gasteiger partial charge in [0.2, 0.25) is 0 Å². The van der Waals surface area contributed by atoms with Crippen molar-refractivity contribution >= 4 is 0 Å². The van der Waals surface area contributed by atoms with Crippen molar-refractivity contribution < 1.29 is 0 Å². The van der Waals surface area contributed by atoms with Gasteiger partial charge in [-0.3, -0.25) is 4.90 Å². The van der Waals surface area contributed by atoms with Crippen molar-refractivity contribution in [3.63, 3.8) is 0 Å². The van der Waals surface area contributed by atoms with Crippen LogP contribution in [0.2, 0.25) is 0 Å². The maximum Gasteiger partial charge on any atom is 0.0236 e. The molecule has 16 heavy (non-hydrogen) atoms. The third kappa shape index (κ3) is 3.64. The Balaban J connectivity index is 0.000000606. The van der Waals surface area contributed by atoms with Crippen LogP contribution in [-0.2, 0) is 6.54 Å². The fourth-order valence-electron chi connectivity index (χ4n) is 2.27. The van der Waals surface area contributed by atoms with E-state index in [0.717, 1.165) is 12.6 Å². The molecule has 1 heteroatoms. The highest BCUT2D eigenvalue weighted by atomic mass is 15.2. The van der Waals surface area contributed by atoms with Crippen LogP contribution in [0.4, 0.5) is 0 Å². The lowest BCUT2D eigenvalue weighted by Crippen LogP contribution is -2.26. The molecule has 1 saturated heterocycles. The Bertz CT molecular complexity index is 306. The Morgan fingerprint density at radius 1 is 1.31 bits per heavy atom. The zero-order valence-electron chi connectivity index (χ0n) is 11.2. The highest BCUT2D eigenvalue weighted by Gasteiger charge is 2.19. The van der Waals surface area contributed by atoms with E-state index in [1.807, 2.05) is 13.8 Å². The first-order valence-corrected chi connectivity index (χ1v) is 6.55. The zero-order chi connectivity index (χ0) is 12.0. The molecule has 1 fully saturated rings. The van der Waals surface area contributed by atoms with Crippen LogP contribution < -0.4 is 0 Å². The number of benzene rings is 1. The van der Waals surface area contributed by atoms with E-state index in [9.17, 15) is 0 Å². The molecule has 90 valence electrons.